The van der Waals surface area contributed by atoms with Crippen LogP contribution in [0, 0.1) is 6.92 Å². The molecule has 2 aromatic heterocycles. The highest BCUT2D eigenvalue weighted by atomic mass is 32.1. The molecule has 13 heavy (non-hydrogen) atoms. The number of fused-ring (bicyclic) bond motifs is 1. The standard InChI is InChI=1S/C8H8N2O2S/c1-4-3-10-8(13-4)6(5(2)11)7(12)9-10/h3H,1-2H3,(H,9,12). The van der Waals surface area contributed by atoms with Crippen molar-refractivity contribution in [3.8, 4) is 0 Å². The molecule has 2 aromatic rings. The third-order valence-electron chi connectivity index (χ3n) is 1.80. The first-order valence-corrected chi connectivity index (χ1v) is 4.63. The van der Waals surface area contributed by atoms with Gasteiger partial charge in [0, 0.05) is 11.1 Å². The quantitative estimate of drug-likeness (QED) is 0.697. The largest absolute Gasteiger partial charge is 0.294 e. The minimum Gasteiger partial charge on any atom is -0.294 e. The number of ketones is 1. The highest BCUT2D eigenvalue weighted by Crippen LogP contribution is 2.18. The Morgan fingerprint density at radius 3 is 2.92 bits per heavy atom. The number of rotatable bonds is 1. The van der Waals surface area contributed by atoms with Crippen molar-refractivity contribution in [2.24, 2.45) is 0 Å². The highest BCUT2D eigenvalue weighted by Gasteiger charge is 2.14. The van der Waals surface area contributed by atoms with Crippen LogP contribution in [-0.2, 0) is 0 Å². The van der Waals surface area contributed by atoms with Crippen molar-refractivity contribution in [3.63, 3.8) is 0 Å². The molecule has 0 radical (unpaired) electrons. The number of aromatic nitrogens is 2. The summed E-state index contributed by atoms with van der Waals surface area (Å²) in [5.74, 6) is -0.189. The monoisotopic (exact) mass is 196 g/mol. The Hall–Kier alpha value is -1.36. The van der Waals surface area contributed by atoms with Crippen molar-refractivity contribution in [2.45, 2.75) is 13.8 Å². The third kappa shape index (κ3) is 1.12. The van der Waals surface area contributed by atoms with Crippen LogP contribution in [0.5, 0.6) is 0 Å². The highest BCUT2D eigenvalue weighted by molar-refractivity contribution is 7.17. The molecule has 2 heterocycles. The molecule has 1 N–H and O–H groups in total. The molecule has 0 saturated carbocycles. The van der Waals surface area contributed by atoms with Crippen LogP contribution >= 0.6 is 11.3 Å². The maximum atomic E-state index is 11.3. The van der Waals surface area contributed by atoms with Gasteiger partial charge in [-0.1, -0.05) is 0 Å². The predicted molar refractivity (Wildman–Crippen MR) is 50.6 cm³/mol. The molecule has 68 valence electrons. The number of hydrogen-bond acceptors (Lipinski definition) is 3. The molecule has 0 spiro atoms. The van der Waals surface area contributed by atoms with E-state index in [2.05, 4.69) is 5.10 Å². The van der Waals surface area contributed by atoms with Crippen molar-refractivity contribution < 1.29 is 4.79 Å². The molecule has 0 aliphatic heterocycles. The van der Waals surface area contributed by atoms with E-state index in [0.717, 1.165) is 4.88 Å². The van der Waals surface area contributed by atoms with E-state index in [1.165, 1.54) is 18.3 Å². The maximum absolute atomic E-state index is 11.3. The number of nitrogens with zero attached hydrogens (tertiary/aromatic N) is 1. The minimum absolute atomic E-state index is 0.189. The predicted octanol–water partition coefficient (Wildman–Crippen LogP) is 1.20. The molecular formula is C8H8N2O2S. The SMILES string of the molecule is CC(=O)c1c(=O)[nH]n2cc(C)sc12. The van der Waals surface area contributed by atoms with Crippen LogP contribution in [0.15, 0.2) is 11.0 Å². The summed E-state index contributed by atoms with van der Waals surface area (Å²) in [6, 6.07) is 0. The summed E-state index contributed by atoms with van der Waals surface area (Å²) in [7, 11) is 0. The first kappa shape index (κ1) is 8.25. The zero-order valence-corrected chi connectivity index (χ0v) is 8.07. The van der Waals surface area contributed by atoms with Gasteiger partial charge in [-0.2, -0.15) is 0 Å². The Labute approximate surface area is 77.8 Å². The van der Waals surface area contributed by atoms with Gasteiger partial charge in [0.25, 0.3) is 5.56 Å². The van der Waals surface area contributed by atoms with E-state index in [1.54, 1.807) is 10.7 Å². The van der Waals surface area contributed by atoms with Crippen molar-refractivity contribution in [1.29, 1.82) is 0 Å². The number of thiazole rings is 1. The maximum Gasteiger partial charge on any atom is 0.276 e. The van der Waals surface area contributed by atoms with Crippen LogP contribution in [0.4, 0.5) is 0 Å². The first-order chi connectivity index (χ1) is 6.09. The molecule has 0 amide bonds. The van der Waals surface area contributed by atoms with Gasteiger partial charge in [0.2, 0.25) is 0 Å². The fraction of sp³-hybridized carbons (Fsp3) is 0.250. The van der Waals surface area contributed by atoms with Gasteiger partial charge in [-0.25, -0.2) is 4.52 Å². The number of aryl methyl sites for hydroxylation is 1. The summed E-state index contributed by atoms with van der Waals surface area (Å²) in [4.78, 5) is 24.2. The Kier molecular flexibility index (Phi) is 1.63. The molecule has 0 atom stereocenters. The molecule has 0 aromatic carbocycles. The number of Topliss-reactive ketones (excluding diaryl/α,β-unsaturated/α-hetero) is 1. The van der Waals surface area contributed by atoms with E-state index in [9.17, 15) is 9.59 Å². The van der Waals surface area contributed by atoms with E-state index in [1.807, 2.05) is 6.92 Å². The van der Waals surface area contributed by atoms with Crippen LogP contribution in [0.25, 0.3) is 4.83 Å². The van der Waals surface area contributed by atoms with E-state index in [4.69, 9.17) is 0 Å². The molecule has 0 aliphatic carbocycles. The smallest absolute Gasteiger partial charge is 0.276 e. The van der Waals surface area contributed by atoms with Gasteiger partial charge in [-0.3, -0.25) is 14.7 Å². The molecule has 5 heteroatoms. The Morgan fingerprint density at radius 2 is 2.31 bits per heavy atom. The van der Waals surface area contributed by atoms with Crippen molar-refractivity contribution in [1.82, 2.24) is 9.61 Å². The molecular weight excluding hydrogens is 188 g/mol. The van der Waals surface area contributed by atoms with Crippen LogP contribution in [0.3, 0.4) is 0 Å². The molecule has 0 bridgehead atoms. The van der Waals surface area contributed by atoms with Crippen LogP contribution in [-0.4, -0.2) is 15.4 Å². The molecule has 4 nitrogen and oxygen atoms in total. The Morgan fingerprint density at radius 1 is 1.62 bits per heavy atom. The van der Waals surface area contributed by atoms with Gasteiger partial charge in [0.15, 0.2) is 5.78 Å². The molecule has 0 fully saturated rings. The van der Waals surface area contributed by atoms with Crippen LogP contribution in [0.1, 0.15) is 22.2 Å². The first-order valence-electron chi connectivity index (χ1n) is 3.81. The van der Waals surface area contributed by atoms with Crippen molar-refractivity contribution in [3.05, 3.63) is 27.0 Å². The van der Waals surface area contributed by atoms with Gasteiger partial charge < -0.3 is 0 Å². The van der Waals surface area contributed by atoms with Crippen LogP contribution < -0.4 is 5.56 Å². The third-order valence-corrected chi connectivity index (χ3v) is 2.82. The van der Waals surface area contributed by atoms with Gasteiger partial charge in [0.05, 0.1) is 0 Å². The molecule has 2 rings (SSSR count). The van der Waals surface area contributed by atoms with Gasteiger partial charge in [0.1, 0.15) is 10.4 Å². The van der Waals surface area contributed by atoms with E-state index >= 15 is 0 Å². The minimum atomic E-state index is -0.307. The van der Waals surface area contributed by atoms with Gasteiger partial charge in [-0.15, -0.1) is 11.3 Å². The normalized spacial score (nSPS) is 10.9. The lowest BCUT2D eigenvalue weighted by Crippen LogP contribution is -2.09. The number of nitrogens with one attached hydrogen (secondary N) is 1. The van der Waals surface area contributed by atoms with Crippen molar-refractivity contribution in [2.75, 3.05) is 0 Å². The van der Waals surface area contributed by atoms with E-state index in [-0.39, 0.29) is 16.9 Å². The van der Waals surface area contributed by atoms with Gasteiger partial charge >= 0.3 is 0 Å². The number of hydrogen-bond donors (Lipinski definition) is 1. The number of carbonyl (C=O) groups is 1. The van der Waals surface area contributed by atoms with Crippen molar-refractivity contribution >= 4 is 22.0 Å². The number of aromatic amines is 1. The Balaban J connectivity index is 2.91. The molecule has 0 unspecified atom stereocenters. The zero-order chi connectivity index (χ0) is 9.59. The lowest BCUT2D eigenvalue weighted by Gasteiger charge is -1.83. The topological polar surface area (TPSA) is 54.3 Å². The van der Waals surface area contributed by atoms with E-state index in [0.29, 0.717) is 4.83 Å². The van der Waals surface area contributed by atoms with Gasteiger partial charge in [-0.05, 0) is 13.8 Å². The fourth-order valence-corrected chi connectivity index (χ4v) is 2.29. The Bertz CT molecular complexity index is 532. The summed E-state index contributed by atoms with van der Waals surface area (Å²) in [5.41, 5.74) is -0.0446. The summed E-state index contributed by atoms with van der Waals surface area (Å²) in [6.07, 6.45) is 1.80. The lowest BCUT2D eigenvalue weighted by atomic mass is 10.2. The molecule has 0 saturated heterocycles. The summed E-state index contributed by atoms with van der Waals surface area (Å²) >= 11 is 1.44. The average molecular weight is 196 g/mol. The molecule has 0 aliphatic rings. The summed E-state index contributed by atoms with van der Waals surface area (Å²) < 4.78 is 1.60. The lowest BCUT2D eigenvalue weighted by molar-refractivity contribution is 0.101. The van der Waals surface area contributed by atoms with Crippen LogP contribution in [0.2, 0.25) is 0 Å². The fourth-order valence-electron chi connectivity index (χ4n) is 1.30. The second-order valence-corrected chi connectivity index (χ2v) is 4.12. The summed E-state index contributed by atoms with van der Waals surface area (Å²) in [5, 5.41) is 2.58. The average Bonchev–Trinajstić information content (AvgIpc) is 2.41. The zero-order valence-electron chi connectivity index (χ0n) is 7.25. The second-order valence-electron chi connectivity index (χ2n) is 2.89. The number of H-pyrrole nitrogens is 1. The second kappa shape index (κ2) is 2.56. The van der Waals surface area contributed by atoms with E-state index < -0.39 is 0 Å². The number of carbonyl (C=O) groups excluding carboxylic acids is 1. The summed E-state index contributed by atoms with van der Waals surface area (Å²) in [6.45, 7) is 3.33.